The number of rotatable bonds is 3. The summed E-state index contributed by atoms with van der Waals surface area (Å²) in [4.78, 5) is 14.0. The third-order valence-corrected chi connectivity index (χ3v) is 2.10. The largest absolute Gasteiger partial charge is 0.298 e. The molecule has 0 radical (unpaired) electrons. The number of alkyl halides is 3. The van der Waals surface area contributed by atoms with Gasteiger partial charge in [0, 0.05) is 17.6 Å². The Morgan fingerprint density at radius 1 is 1.67 bits per heavy atom. The van der Waals surface area contributed by atoms with Crippen molar-refractivity contribution < 1.29 is 13.6 Å². The predicted octanol–water partition coefficient (Wildman–Crippen LogP) is 2.44. The third kappa shape index (κ3) is 2.10. The van der Waals surface area contributed by atoms with Crippen LogP contribution in [0.1, 0.15) is 33.6 Å². The maximum atomic E-state index is 12.4. The molecule has 1 rings (SSSR count). The fourth-order valence-electron chi connectivity index (χ4n) is 1.13. The SMILES string of the molecule is N#Cc1cnc(C(F)F)c(C=O)c1CCl. The van der Waals surface area contributed by atoms with Gasteiger partial charge in [-0.1, -0.05) is 0 Å². The third-order valence-electron chi connectivity index (χ3n) is 1.84. The van der Waals surface area contributed by atoms with E-state index in [2.05, 4.69) is 4.98 Å². The molecule has 0 unspecified atom stereocenters. The van der Waals surface area contributed by atoms with Crippen LogP contribution in [-0.2, 0) is 5.88 Å². The average Bonchev–Trinajstić information content (AvgIpc) is 2.26. The molecular formula is C9H5ClF2N2O. The molecule has 0 atom stereocenters. The standard InChI is InChI=1S/C9H5ClF2N2O/c10-1-6-5(2-13)3-14-8(9(11)12)7(6)4-15/h3-4,9H,1H2. The van der Waals surface area contributed by atoms with Crippen LogP contribution < -0.4 is 0 Å². The molecule has 0 aliphatic heterocycles. The van der Waals surface area contributed by atoms with Gasteiger partial charge in [0.1, 0.15) is 11.8 Å². The highest BCUT2D eigenvalue weighted by Crippen LogP contribution is 2.25. The number of carbonyl (C=O) groups is 1. The summed E-state index contributed by atoms with van der Waals surface area (Å²) in [5.41, 5.74) is -0.797. The summed E-state index contributed by atoms with van der Waals surface area (Å²) in [7, 11) is 0. The van der Waals surface area contributed by atoms with E-state index in [1.165, 1.54) is 0 Å². The molecule has 1 aromatic rings. The molecule has 0 bridgehead atoms. The van der Waals surface area contributed by atoms with Gasteiger partial charge >= 0.3 is 0 Å². The van der Waals surface area contributed by atoms with Crippen molar-refractivity contribution in [3.05, 3.63) is 28.6 Å². The normalized spacial score (nSPS) is 10.1. The average molecular weight is 231 g/mol. The Kier molecular flexibility index (Phi) is 3.69. The van der Waals surface area contributed by atoms with Crippen molar-refractivity contribution in [3.8, 4) is 6.07 Å². The van der Waals surface area contributed by atoms with E-state index in [1.807, 2.05) is 0 Å². The predicted molar refractivity (Wildman–Crippen MR) is 48.9 cm³/mol. The first kappa shape index (κ1) is 11.5. The monoisotopic (exact) mass is 230 g/mol. The van der Waals surface area contributed by atoms with Crippen LogP contribution in [0.2, 0.25) is 0 Å². The van der Waals surface area contributed by atoms with E-state index in [9.17, 15) is 13.6 Å². The highest BCUT2D eigenvalue weighted by molar-refractivity contribution is 6.17. The Balaban J connectivity index is 3.49. The van der Waals surface area contributed by atoms with Gasteiger partial charge in [-0.25, -0.2) is 8.78 Å². The molecule has 0 fully saturated rings. The Labute approximate surface area is 89.3 Å². The quantitative estimate of drug-likeness (QED) is 0.592. The van der Waals surface area contributed by atoms with Gasteiger partial charge in [-0.15, -0.1) is 11.6 Å². The molecule has 0 amide bonds. The minimum atomic E-state index is -2.86. The molecule has 1 aromatic heterocycles. The molecule has 0 saturated heterocycles. The number of halogens is 3. The molecule has 3 nitrogen and oxygen atoms in total. The van der Waals surface area contributed by atoms with Crippen LogP contribution in [0, 0.1) is 11.3 Å². The Morgan fingerprint density at radius 2 is 2.33 bits per heavy atom. The molecule has 0 aliphatic rings. The topological polar surface area (TPSA) is 53.8 Å². The Bertz CT molecular complexity index is 429. The lowest BCUT2D eigenvalue weighted by atomic mass is 10.0. The van der Waals surface area contributed by atoms with Crippen LogP contribution in [0.25, 0.3) is 0 Å². The van der Waals surface area contributed by atoms with Crippen LogP contribution in [0.3, 0.4) is 0 Å². The number of aldehydes is 1. The molecule has 0 spiro atoms. The zero-order valence-electron chi connectivity index (χ0n) is 7.38. The van der Waals surface area contributed by atoms with Crippen LogP contribution in [0.4, 0.5) is 8.78 Å². The first-order valence-electron chi connectivity index (χ1n) is 3.86. The Morgan fingerprint density at radius 3 is 2.73 bits per heavy atom. The summed E-state index contributed by atoms with van der Waals surface area (Å²) in [6.45, 7) is 0. The number of aromatic nitrogens is 1. The zero-order chi connectivity index (χ0) is 11.4. The smallest absolute Gasteiger partial charge is 0.281 e. The minimum absolute atomic E-state index is 0.0384. The van der Waals surface area contributed by atoms with Crippen molar-refractivity contribution in [3.63, 3.8) is 0 Å². The summed E-state index contributed by atoms with van der Waals surface area (Å²) < 4.78 is 24.8. The fraction of sp³-hybridized carbons (Fsp3) is 0.222. The second-order valence-electron chi connectivity index (χ2n) is 2.61. The van der Waals surface area contributed by atoms with Gasteiger partial charge in [-0.2, -0.15) is 5.26 Å². The number of hydrogen-bond acceptors (Lipinski definition) is 3. The molecule has 1 heterocycles. The van der Waals surface area contributed by atoms with E-state index >= 15 is 0 Å². The van der Waals surface area contributed by atoms with Gasteiger partial charge in [0.25, 0.3) is 6.43 Å². The molecule has 0 aromatic carbocycles. The van der Waals surface area contributed by atoms with E-state index < -0.39 is 12.1 Å². The van der Waals surface area contributed by atoms with Crippen LogP contribution in [-0.4, -0.2) is 11.3 Å². The molecular weight excluding hydrogens is 226 g/mol. The van der Waals surface area contributed by atoms with E-state index in [1.54, 1.807) is 6.07 Å². The van der Waals surface area contributed by atoms with Gasteiger partial charge in [0.05, 0.1) is 5.56 Å². The summed E-state index contributed by atoms with van der Waals surface area (Å²) >= 11 is 5.49. The second kappa shape index (κ2) is 4.80. The first-order valence-corrected chi connectivity index (χ1v) is 4.40. The van der Waals surface area contributed by atoms with Crippen LogP contribution in [0.15, 0.2) is 6.20 Å². The first-order chi connectivity index (χ1) is 7.15. The summed E-state index contributed by atoms with van der Waals surface area (Å²) in [6.07, 6.45) is -1.63. The van der Waals surface area contributed by atoms with Crippen molar-refractivity contribution in [1.82, 2.24) is 4.98 Å². The van der Waals surface area contributed by atoms with Crippen molar-refractivity contribution in [2.24, 2.45) is 0 Å². The maximum absolute atomic E-state index is 12.4. The number of hydrogen-bond donors (Lipinski definition) is 0. The molecule has 6 heteroatoms. The maximum Gasteiger partial charge on any atom is 0.281 e. The highest BCUT2D eigenvalue weighted by atomic mass is 35.5. The lowest BCUT2D eigenvalue weighted by molar-refractivity contribution is 0.110. The summed E-state index contributed by atoms with van der Waals surface area (Å²) in [5, 5.41) is 8.65. The molecule has 0 aliphatic carbocycles. The van der Waals surface area contributed by atoms with E-state index in [0.717, 1.165) is 6.20 Å². The zero-order valence-corrected chi connectivity index (χ0v) is 8.13. The summed E-state index contributed by atoms with van der Waals surface area (Å²) in [6, 6.07) is 1.74. The van der Waals surface area contributed by atoms with Crippen molar-refractivity contribution >= 4 is 17.9 Å². The minimum Gasteiger partial charge on any atom is -0.298 e. The van der Waals surface area contributed by atoms with Gasteiger partial charge < -0.3 is 0 Å². The van der Waals surface area contributed by atoms with E-state index in [-0.39, 0.29) is 28.9 Å². The van der Waals surface area contributed by atoms with Gasteiger partial charge in [0.2, 0.25) is 0 Å². The Hall–Kier alpha value is -1.54. The number of carbonyl (C=O) groups excluding carboxylic acids is 1. The second-order valence-corrected chi connectivity index (χ2v) is 2.88. The lowest BCUT2D eigenvalue weighted by Crippen LogP contribution is -2.04. The van der Waals surface area contributed by atoms with Crippen molar-refractivity contribution in [1.29, 1.82) is 5.26 Å². The molecule has 0 saturated carbocycles. The van der Waals surface area contributed by atoms with Gasteiger partial charge in [0.15, 0.2) is 6.29 Å². The molecule has 15 heavy (non-hydrogen) atoms. The highest BCUT2D eigenvalue weighted by Gasteiger charge is 2.19. The van der Waals surface area contributed by atoms with E-state index in [0.29, 0.717) is 0 Å². The number of nitriles is 1. The fourth-order valence-corrected chi connectivity index (χ4v) is 1.41. The van der Waals surface area contributed by atoms with Crippen molar-refractivity contribution in [2.75, 3.05) is 0 Å². The van der Waals surface area contributed by atoms with Gasteiger partial charge in [-0.05, 0) is 5.56 Å². The molecule has 0 N–H and O–H groups in total. The van der Waals surface area contributed by atoms with Crippen LogP contribution >= 0.6 is 11.6 Å². The van der Waals surface area contributed by atoms with Gasteiger partial charge in [-0.3, -0.25) is 9.78 Å². The lowest BCUT2D eigenvalue weighted by Gasteiger charge is -2.07. The number of pyridine rings is 1. The van der Waals surface area contributed by atoms with E-state index in [4.69, 9.17) is 16.9 Å². The molecule has 78 valence electrons. The number of nitrogens with zero attached hydrogens (tertiary/aromatic N) is 2. The van der Waals surface area contributed by atoms with Crippen LogP contribution in [0.5, 0.6) is 0 Å². The summed E-state index contributed by atoms with van der Waals surface area (Å²) in [5.74, 6) is -0.181. The van der Waals surface area contributed by atoms with Crippen molar-refractivity contribution in [2.45, 2.75) is 12.3 Å².